The van der Waals surface area contributed by atoms with Crippen LogP contribution >= 0.6 is 0 Å². The predicted molar refractivity (Wildman–Crippen MR) is 68.3 cm³/mol. The zero-order valence-corrected chi connectivity index (χ0v) is 10.3. The monoisotopic (exact) mass is 245 g/mol. The van der Waals surface area contributed by atoms with E-state index in [-0.39, 0.29) is 17.0 Å². The van der Waals surface area contributed by atoms with Gasteiger partial charge >= 0.3 is 5.97 Å². The van der Waals surface area contributed by atoms with Crippen molar-refractivity contribution < 1.29 is 14.7 Å². The molecule has 0 bridgehead atoms. The van der Waals surface area contributed by atoms with Crippen LogP contribution in [0.25, 0.3) is 0 Å². The lowest BCUT2D eigenvalue weighted by molar-refractivity contribution is 0.0690. The first kappa shape index (κ1) is 13.8. The van der Waals surface area contributed by atoms with Gasteiger partial charge in [0.15, 0.2) is 0 Å². The first-order valence-electron chi connectivity index (χ1n) is 5.56. The van der Waals surface area contributed by atoms with Gasteiger partial charge in [-0.1, -0.05) is 31.9 Å². The first-order chi connectivity index (χ1) is 8.47. The number of carbonyl (C=O) groups excluding carboxylic acids is 1. The highest BCUT2D eigenvalue weighted by Gasteiger charge is 2.19. The van der Waals surface area contributed by atoms with E-state index in [9.17, 15) is 9.59 Å². The van der Waals surface area contributed by atoms with Gasteiger partial charge in [0.05, 0.1) is 17.2 Å². The first-order valence-corrected chi connectivity index (χ1v) is 5.56. The molecule has 1 atom stereocenters. The molecule has 0 fully saturated rings. The zero-order chi connectivity index (χ0) is 13.7. The second-order valence-corrected chi connectivity index (χ2v) is 4.21. The molecule has 1 amide bonds. The van der Waals surface area contributed by atoms with Crippen molar-refractivity contribution in [3.63, 3.8) is 0 Å². The number of carbonyl (C=O) groups is 2. The Morgan fingerprint density at radius 1 is 1.28 bits per heavy atom. The lowest BCUT2D eigenvalue weighted by Gasteiger charge is -2.17. The van der Waals surface area contributed by atoms with Crippen molar-refractivity contribution in [3.8, 4) is 12.3 Å². The summed E-state index contributed by atoms with van der Waals surface area (Å²) in [5.74, 6) is 0.947. The minimum absolute atomic E-state index is 0.0328. The summed E-state index contributed by atoms with van der Waals surface area (Å²) in [5, 5.41) is 11.6. The zero-order valence-electron chi connectivity index (χ0n) is 10.3. The fourth-order valence-corrected chi connectivity index (χ4v) is 1.49. The van der Waals surface area contributed by atoms with E-state index in [2.05, 4.69) is 11.2 Å². The second-order valence-electron chi connectivity index (χ2n) is 4.21. The number of hydrogen-bond acceptors (Lipinski definition) is 2. The second kappa shape index (κ2) is 5.87. The van der Waals surface area contributed by atoms with Gasteiger partial charge in [-0.3, -0.25) is 4.79 Å². The third-order valence-electron chi connectivity index (χ3n) is 2.53. The summed E-state index contributed by atoms with van der Waals surface area (Å²) in [6.45, 7) is 3.77. The maximum absolute atomic E-state index is 12.0. The Balaban J connectivity index is 2.98. The molecule has 0 aromatic heterocycles. The van der Waals surface area contributed by atoms with E-state index < -0.39 is 17.9 Å². The van der Waals surface area contributed by atoms with Gasteiger partial charge in [0, 0.05) is 0 Å². The summed E-state index contributed by atoms with van der Waals surface area (Å²) in [4.78, 5) is 23.0. The van der Waals surface area contributed by atoms with Crippen LogP contribution in [0.5, 0.6) is 0 Å². The Kier molecular flexibility index (Phi) is 4.50. The number of hydrogen-bond donors (Lipinski definition) is 2. The Labute approximate surface area is 106 Å². The third-order valence-corrected chi connectivity index (χ3v) is 2.53. The predicted octanol–water partition coefficient (Wildman–Crippen LogP) is 1.77. The highest BCUT2D eigenvalue weighted by Crippen LogP contribution is 2.10. The third kappa shape index (κ3) is 3.11. The number of amides is 1. The van der Waals surface area contributed by atoms with Crippen LogP contribution < -0.4 is 5.32 Å². The molecular formula is C14H15NO3. The molecule has 4 nitrogen and oxygen atoms in total. The molecule has 0 saturated heterocycles. The Morgan fingerprint density at radius 2 is 1.83 bits per heavy atom. The number of aromatic carboxylic acids is 1. The maximum Gasteiger partial charge on any atom is 0.336 e. The van der Waals surface area contributed by atoms with E-state index in [0.717, 1.165) is 0 Å². The molecular weight excluding hydrogens is 230 g/mol. The summed E-state index contributed by atoms with van der Waals surface area (Å²) < 4.78 is 0. The van der Waals surface area contributed by atoms with Gasteiger partial charge in [-0.2, -0.15) is 0 Å². The van der Waals surface area contributed by atoms with Gasteiger partial charge in [-0.25, -0.2) is 4.79 Å². The van der Waals surface area contributed by atoms with Gasteiger partial charge in [-0.05, 0) is 18.1 Å². The average molecular weight is 245 g/mol. The maximum atomic E-state index is 12.0. The molecule has 0 aliphatic carbocycles. The fourth-order valence-electron chi connectivity index (χ4n) is 1.49. The number of carboxylic acids is 1. The van der Waals surface area contributed by atoms with Crippen LogP contribution in [0.15, 0.2) is 24.3 Å². The van der Waals surface area contributed by atoms with E-state index in [1.54, 1.807) is 12.1 Å². The highest BCUT2D eigenvalue weighted by atomic mass is 16.4. The molecule has 1 aromatic carbocycles. The molecule has 18 heavy (non-hydrogen) atoms. The number of carboxylic acid groups (broad SMARTS) is 1. The molecule has 4 heteroatoms. The number of nitrogens with one attached hydrogen (secondary N) is 1. The minimum atomic E-state index is -1.14. The number of benzene rings is 1. The van der Waals surface area contributed by atoms with Crippen molar-refractivity contribution in [3.05, 3.63) is 35.4 Å². The molecule has 0 aliphatic rings. The van der Waals surface area contributed by atoms with Crippen molar-refractivity contribution in [2.45, 2.75) is 19.9 Å². The van der Waals surface area contributed by atoms with Crippen LogP contribution in [0.2, 0.25) is 0 Å². The minimum Gasteiger partial charge on any atom is -0.478 e. The van der Waals surface area contributed by atoms with Gasteiger partial charge in [0.1, 0.15) is 0 Å². The molecule has 0 radical (unpaired) electrons. The van der Waals surface area contributed by atoms with Crippen LogP contribution in [0.4, 0.5) is 0 Å². The summed E-state index contributed by atoms with van der Waals surface area (Å²) >= 11 is 0. The van der Waals surface area contributed by atoms with Crippen LogP contribution in [0, 0.1) is 18.3 Å². The largest absolute Gasteiger partial charge is 0.478 e. The highest BCUT2D eigenvalue weighted by molar-refractivity contribution is 6.04. The molecule has 1 aromatic rings. The molecule has 0 spiro atoms. The van der Waals surface area contributed by atoms with E-state index in [0.29, 0.717) is 0 Å². The smallest absolute Gasteiger partial charge is 0.336 e. The topological polar surface area (TPSA) is 66.4 Å². The summed E-state index contributed by atoms with van der Waals surface area (Å²) in [5.41, 5.74) is 0.0837. The van der Waals surface area contributed by atoms with Crippen LogP contribution in [0.1, 0.15) is 34.6 Å². The molecule has 1 rings (SSSR count). The number of terminal acetylenes is 1. The lowest BCUT2D eigenvalue weighted by Crippen LogP contribution is -2.38. The van der Waals surface area contributed by atoms with Crippen molar-refractivity contribution in [2.75, 3.05) is 0 Å². The Morgan fingerprint density at radius 3 is 2.28 bits per heavy atom. The summed E-state index contributed by atoms with van der Waals surface area (Å²) in [6.07, 6.45) is 5.32. The molecule has 94 valence electrons. The van der Waals surface area contributed by atoms with Gasteiger partial charge in [-0.15, -0.1) is 6.42 Å². The molecule has 1 unspecified atom stereocenters. The lowest BCUT2D eigenvalue weighted by atomic mass is 10.0. The van der Waals surface area contributed by atoms with E-state index in [1.165, 1.54) is 12.1 Å². The Bertz CT molecular complexity index is 500. The van der Waals surface area contributed by atoms with E-state index >= 15 is 0 Å². The molecule has 0 heterocycles. The van der Waals surface area contributed by atoms with Crippen molar-refractivity contribution >= 4 is 11.9 Å². The van der Waals surface area contributed by atoms with Crippen LogP contribution in [0.3, 0.4) is 0 Å². The van der Waals surface area contributed by atoms with Crippen LogP contribution in [-0.2, 0) is 0 Å². The number of rotatable bonds is 4. The average Bonchev–Trinajstić information content (AvgIpc) is 2.35. The van der Waals surface area contributed by atoms with Crippen LogP contribution in [-0.4, -0.2) is 23.0 Å². The fraction of sp³-hybridized carbons (Fsp3) is 0.286. The Hall–Kier alpha value is -2.28. The van der Waals surface area contributed by atoms with E-state index in [1.807, 2.05) is 13.8 Å². The molecule has 0 saturated carbocycles. The molecule has 2 N–H and O–H groups in total. The van der Waals surface area contributed by atoms with Crippen molar-refractivity contribution in [1.82, 2.24) is 5.32 Å². The standard InChI is InChI=1S/C14H15NO3/c1-4-12(9(2)3)15-13(16)10-7-5-6-8-11(10)14(17)18/h1,5-9,12H,2-3H3,(H,15,16)(H,17,18). The molecule has 0 aliphatic heterocycles. The van der Waals surface area contributed by atoms with E-state index in [4.69, 9.17) is 11.5 Å². The summed E-state index contributed by atoms with van der Waals surface area (Å²) in [7, 11) is 0. The van der Waals surface area contributed by atoms with Gasteiger partial charge in [0.25, 0.3) is 5.91 Å². The SMILES string of the molecule is C#CC(NC(=O)c1ccccc1C(=O)O)C(C)C. The van der Waals surface area contributed by atoms with Crippen molar-refractivity contribution in [1.29, 1.82) is 0 Å². The quantitative estimate of drug-likeness (QED) is 0.794. The van der Waals surface area contributed by atoms with Crippen molar-refractivity contribution in [2.24, 2.45) is 5.92 Å². The normalized spacial score (nSPS) is 11.7. The van der Waals surface area contributed by atoms with Gasteiger partial charge in [0.2, 0.25) is 0 Å². The summed E-state index contributed by atoms with van der Waals surface area (Å²) in [6, 6.07) is 5.62. The van der Waals surface area contributed by atoms with Gasteiger partial charge < -0.3 is 10.4 Å².